The van der Waals surface area contributed by atoms with Gasteiger partial charge in [-0.25, -0.2) is 18.1 Å². The van der Waals surface area contributed by atoms with Gasteiger partial charge in [0.15, 0.2) is 5.03 Å². The lowest BCUT2D eigenvalue weighted by molar-refractivity contribution is 0.584. The molecule has 59 valence electrons. The number of aromatic nitrogens is 1. The summed E-state index contributed by atoms with van der Waals surface area (Å²) in [5.41, 5.74) is 0. The van der Waals surface area contributed by atoms with Crippen molar-refractivity contribution in [3.05, 3.63) is 24.4 Å². The normalized spacial score (nSPS) is 11.4. The SMILES string of the molecule is CNS(=O)(=O)c1cc[c]cn1. The molecular weight excluding hydrogens is 164 g/mol. The van der Waals surface area contributed by atoms with Crippen LogP contribution >= 0.6 is 0 Å². The highest BCUT2D eigenvalue weighted by Crippen LogP contribution is 2.00. The predicted octanol–water partition coefficient (Wildman–Crippen LogP) is -0.210. The highest BCUT2D eigenvalue weighted by Gasteiger charge is 2.10. The first-order valence-electron chi connectivity index (χ1n) is 2.92. The average molecular weight is 171 g/mol. The Bertz CT molecular complexity index is 320. The molecule has 1 heterocycles. The predicted molar refractivity (Wildman–Crippen MR) is 39.3 cm³/mol. The van der Waals surface area contributed by atoms with Crippen molar-refractivity contribution in [3.63, 3.8) is 0 Å². The van der Waals surface area contributed by atoms with Crippen LogP contribution in [0.25, 0.3) is 0 Å². The Morgan fingerprint density at radius 2 is 2.36 bits per heavy atom. The van der Waals surface area contributed by atoms with Crippen LogP contribution in [0.15, 0.2) is 23.4 Å². The van der Waals surface area contributed by atoms with Gasteiger partial charge in [-0.2, -0.15) is 0 Å². The van der Waals surface area contributed by atoms with Crippen LogP contribution in [0.3, 0.4) is 0 Å². The van der Waals surface area contributed by atoms with Gasteiger partial charge in [0, 0.05) is 12.3 Å². The number of nitrogens with zero attached hydrogens (tertiary/aromatic N) is 1. The molecule has 1 rings (SSSR count). The van der Waals surface area contributed by atoms with E-state index in [1.165, 1.54) is 25.4 Å². The summed E-state index contributed by atoms with van der Waals surface area (Å²) in [4.78, 5) is 3.62. The van der Waals surface area contributed by atoms with Gasteiger partial charge in [-0.3, -0.25) is 0 Å². The Morgan fingerprint density at radius 3 is 2.82 bits per heavy atom. The molecule has 0 saturated heterocycles. The van der Waals surface area contributed by atoms with E-state index >= 15 is 0 Å². The smallest absolute Gasteiger partial charge is 0.243 e. The zero-order valence-corrected chi connectivity index (χ0v) is 6.72. The fourth-order valence-electron chi connectivity index (χ4n) is 0.570. The third kappa shape index (κ3) is 1.75. The first-order valence-corrected chi connectivity index (χ1v) is 4.41. The summed E-state index contributed by atoms with van der Waals surface area (Å²) in [6, 6.07) is 5.50. The van der Waals surface area contributed by atoms with Crippen molar-refractivity contribution >= 4 is 10.0 Å². The topological polar surface area (TPSA) is 59.1 Å². The molecule has 0 saturated carbocycles. The molecule has 0 bridgehead atoms. The van der Waals surface area contributed by atoms with Crippen molar-refractivity contribution in [1.82, 2.24) is 9.71 Å². The molecule has 0 fully saturated rings. The quantitative estimate of drug-likeness (QED) is 0.669. The minimum absolute atomic E-state index is 0.0127. The van der Waals surface area contributed by atoms with Gasteiger partial charge < -0.3 is 0 Å². The minimum atomic E-state index is -3.38. The zero-order chi connectivity index (χ0) is 8.32. The molecule has 0 amide bonds. The summed E-state index contributed by atoms with van der Waals surface area (Å²) in [5.74, 6) is 0. The van der Waals surface area contributed by atoms with Gasteiger partial charge >= 0.3 is 0 Å². The monoisotopic (exact) mass is 171 g/mol. The standard InChI is InChI=1S/C6H7N2O2S/c1-7-11(9,10)6-4-2-3-5-8-6/h2,4-5,7H,1H3. The summed E-state index contributed by atoms with van der Waals surface area (Å²) >= 11 is 0. The first kappa shape index (κ1) is 8.16. The van der Waals surface area contributed by atoms with Crippen molar-refractivity contribution in [1.29, 1.82) is 0 Å². The van der Waals surface area contributed by atoms with Crippen LogP contribution in [0.4, 0.5) is 0 Å². The van der Waals surface area contributed by atoms with Gasteiger partial charge in [0.25, 0.3) is 10.0 Å². The van der Waals surface area contributed by atoms with Crippen molar-refractivity contribution in [2.75, 3.05) is 7.05 Å². The van der Waals surface area contributed by atoms with E-state index in [-0.39, 0.29) is 5.03 Å². The molecule has 0 atom stereocenters. The Morgan fingerprint density at radius 1 is 1.64 bits per heavy atom. The highest BCUT2D eigenvalue weighted by molar-refractivity contribution is 7.89. The average Bonchev–Trinajstić information content (AvgIpc) is 2.06. The lowest BCUT2D eigenvalue weighted by Crippen LogP contribution is -2.19. The van der Waals surface area contributed by atoms with Crippen molar-refractivity contribution in [2.45, 2.75) is 5.03 Å². The molecule has 1 N–H and O–H groups in total. The molecular formula is C6H7N2O2S. The third-order valence-electron chi connectivity index (χ3n) is 1.13. The molecule has 1 aromatic heterocycles. The molecule has 4 nitrogen and oxygen atoms in total. The molecule has 1 radical (unpaired) electrons. The van der Waals surface area contributed by atoms with Crippen LogP contribution < -0.4 is 4.72 Å². The van der Waals surface area contributed by atoms with Crippen LogP contribution in [0.2, 0.25) is 0 Å². The van der Waals surface area contributed by atoms with E-state index in [1.807, 2.05) is 0 Å². The third-order valence-corrected chi connectivity index (χ3v) is 2.46. The summed E-state index contributed by atoms with van der Waals surface area (Å²) in [6.45, 7) is 0. The van der Waals surface area contributed by atoms with E-state index < -0.39 is 10.0 Å². The Hall–Kier alpha value is -0.940. The lowest BCUT2D eigenvalue weighted by Gasteiger charge is -1.98. The number of rotatable bonds is 2. The summed E-state index contributed by atoms with van der Waals surface area (Å²) in [7, 11) is -2.04. The summed E-state index contributed by atoms with van der Waals surface area (Å²) in [6.07, 6.45) is 1.31. The number of nitrogens with one attached hydrogen (secondary N) is 1. The molecule has 0 spiro atoms. The Balaban J connectivity index is 3.14. The van der Waals surface area contributed by atoms with E-state index in [0.29, 0.717) is 0 Å². The fraction of sp³-hybridized carbons (Fsp3) is 0.167. The van der Waals surface area contributed by atoms with Crippen LogP contribution in [0.5, 0.6) is 0 Å². The number of pyridine rings is 1. The maximum absolute atomic E-state index is 11.0. The van der Waals surface area contributed by atoms with E-state index in [1.54, 1.807) is 0 Å². The molecule has 1 aromatic rings. The van der Waals surface area contributed by atoms with Crippen LogP contribution in [0, 0.1) is 6.07 Å². The van der Waals surface area contributed by atoms with Gasteiger partial charge in [0.1, 0.15) is 0 Å². The molecule has 0 aromatic carbocycles. The molecule has 0 unspecified atom stereocenters. The van der Waals surface area contributed by atoms with E-state index in [4.69, 9.17) is 0 Å². The second kappa shape index (κ2) is 2.98. The minimum Gasteiger partial charge on any atom is -0.243 e. The van der Waals surface area contributed by atoms with Crippen molar-refractivity contribution in [3.8, 4) is 0 Å². The van der Waals surface area contributed by atoms with Crippen molar-refractivity contribution in [2.24, 2.45) is 0 Å². The van der Waals surface area contributed by atoms with Crippen LogP contribution in [0.1, 0.15) is 0 Å². The molecule has 0 aliphatic carbocycles. The second-order valence-electron chi connectivity index (χ2n) is 1.80. The zero-order valence-electron chi connectivity index (χ0n) is 5.90. The molecule has 5 heteroatoms. The number of hydrogen-bond donors (Lipinski definition) is 1. The summed E-state index contributed by atoms with van der Waals surface area (Å²) < 4.78 is 24.2. The molecule has 0 aliphatic rings. The van der Waals surface area contributed by atoms with Crippen LogP contribution in [-0.2, 0) is 10.0 Å². The molecule has 0 aliphatic heterocycles. The van der Waals surface area contributed by atoms with Crippen LogP contribution in [-0.4, -0.2) is 20.4 Å². The van der Waals surface area contributed by atoms with E-state index in [2.05, 4.69) is 15.8 Å². The van der Waals surface area contributed by atoms with Gasteiger partial charge in [0.05, 0.1) is 0 Å². The Labute approximate surface area is 65.3 Å². The Kier molecular flexibility index (Phi) is 2.21. The van der Waals surface area contributed by atoms with Crippen molar-refractivity contribution < 1.29 is 8.42 Å². The summed E-state index contributed by atoms with van der Waals surface area (Å²) in [5, 5.41) is 0.0127. The maximum atomic E-state index is 11.0. The lowest BCUT2D eigenvalue weighted by atomic mass is 10.5. The fourth-order valence-corrected chi connectivity index (χ4v) is 1.22. The highest BCUT2D eigenvalue weighted by atomic mass is 32.2. The first-order chi connectivity index (χ1) is 5.17. The van der Waals surface area contributed by atoms with E-state index in [0.717, 1.165) is 0 Å². The van der Waals surface area contributed by atoms with Gasteiger partial charge in [-0.15, -0.1) is 0 Å². The van der Waals surface area contributed by atoms with Gasteiger partial charge in [-0.05, 0) is 19.2 Å². The maximum Gasteiger partial charge on any atom is 0.257 e. The largest absolute Gasteiger partial charge is 0.257 e. The second-order valence-corrected chi connectivity index (χ2v) is 3.64. The number of sulfonamides is 1. The number of hydrogen-bond acceptors (Lipinski definition) is 3. The van der Waals surface area contributed by atoms with Gasteiger partial charge in [0.2, 0.25) is 0 Å². The molecule has 11 heavy (non-hydrogen) atoms. The van der Waals surface area contributed by atoms with Gasteiger partial charge in [-0.1, -0.05) is 0 Å². The van der Waals surface area contributed by atoms with E-state index in [9.17, 15) is 8.42 Å².